The Hall–Kier alpha value is -1.81. The van der Waals surface area contributed by atoms with Crippen molar-refractivity contribution in [3.05, 3.63) is 62.5 Å². The van der Waals surface area contributed by atoms with E-state index >= 15 is 0 Å². The first kappa shape index (κ1) is 25.5. The fourth-order valence-corrected chi connectivity index (χ4v) is 4.89. The average molecular weight is 551 g/mol. The Balaban J connectivity index is 2.46. The topological polar surface area (TPSA) is 86.8 Å². The van der Waals surface area contributed by atoms with Gasteiger partial charge in [0, 0.05) is 33.7 Å². The number of carbonyl (C=O) groups is 2. The van der Waals surface area contributed by atoms with Gasteiger partial charge in [-0.15, -0.1) is 0 Å². The highest BCUT2D eigenvalue weighted by atomic mass is 79.9. The zero-order valence-electron chi connectivity index (χ0n) is 17.1. The van der Waals surface area contributed by atoms with Crippen molar-refractivity contribution in [2.45, 2.75) is 19.5 Å². The summed E-state index contributed by atoms with van der Waals surface area (Å²) in [5.41, 5.74) is 0.767. The summed E-state index contributed by atoms with van der Waals surface area (Å²) < 4.78 is 26.5. The molecule has 2 amide bonds. The number of rotatable bonds is 8. The molecule has 0 heterocycles. The Kier molecular flexibility index (Phi) is 8.76. The van der Waals surface area contributed by atoms with Crippen LogP contribution in [0.1, 0.15) is 12.5 Å². The molecule has 0 fully saturated rings. The zero-order chi connectivity index (χ0) is 23.3. The molecule has 1 unspecified atom stereocenters. The van der Waals surface area contributed by atoms with Gasteiger partial charge in [-0.05, 0) is 47.1 Å². The molecule has 0 aliphatic carbocycles. The highest BCUT2D eigenvalue weighted by molar-refractivity contribution is 9.10. The van der Waals surface area contributed by atoms with E-state index in [0.29, 0.717) is 25.8 Å². The van der Waals surface area contributed by atoms with Crippen molar-refractivity contribution in [1.29, 1.82) is 0 Å². The monoisotopic (exact) mass is 549 g/mol. The quantitative estimate of drug-likeness (QED) is 0.543. The molecule has 0 aliphatic rings. The van der Waals surface area contributed by atoms with Crippen LogP contribution in [0.5, 0.6) is 0 Å². The SMILES string of the molecule is CNC(=O)C(C)N(Cc1c(Cl)cccc1Cl)C(=O)CN(c1ccccc1Br)S(C)(=O)=O. The van der Waals surface area contributed by atoms with E-state index < -0.39 is 34.4 Å². The molecule has 0 aromatic heterocycles. The van der Waals surface area contributed by atoms with Crippen molar-refractivity contribution in [3.63, 3.8) is 0 Å². The number of nitrogens with one attached hydrogen (secondary N) is 1. The van der Waals surface area contributed by atoms with Crippen molar-refractivity contribution in [1.82, 2.24) is 10.2 Å². The standard InChI is InChI=1S/C20H22BrCl2N3O4S/c1-13(20(28)24-2)25(11-14-16(22)8-6-9-17(14)23)19(27)12-26(31(3,29)30)18-10-5-4-7-15(18)21/h4-10,13H,11-12H2,1-3H3,(H,24,28). The summed E-state index contributed by atoms with van der Waals surface area (Å²) in [6.45, 7) is 0.967. The number of hydrogen-bond donors (Lipinski definition) is 1. The van der Waals surface area contributed by atoms with E-state index in [2.05, 4.69) is 21.2 Å². The molecule has 0 aliphatic heterocycles. The minimum absolute atomic E-state index is 0.0700. The number of likely N-dealkylation sites (N-methyl/N-ethyl adjacent to an activating group) is 1. The lowest BCUT2D eigenvalue weighted by atomic mass is 10.1. The van der Waals surface area contributed by atoms with E-state index in [0.717, 1.165) is 10.6 Å². The molecule has 0 saturated carbocycles. The van der Waals surface area contributed by atoms with Gasteiger partial charge in [-0.3, -0.25) is 13.9 Å². The lowest BCUT2D eigenvalue weighted by Gasteiger charge is -2.31. The van der Waals surface area contributed by atoms with E-state index in [4.69, 9.17) is 23.2 Å². The number of halogens is 3. The summed E-state index contributed by atoms with van der Waals surface area (Å²) in [7, 11) is -2.35. The van der Waals surface area contributed by atoms with Crippen LogP contribution < -0.4 is 9.62 Å². The molecule has 31 heavy (non-hydrogen) atoms. The van der Waals surface area contributed by atoms with E-state index in [1.807, 2.05) is 0 Å². The summed E-state index contributed by atoms with van der Waals surface area (Å²) in [5, 5.41) is 3.17. The molecule has 7 nitrogen and oxygen atoms in total. The van der Waals surface area contributed by atoms with Gasteiger partial charge in [0.05, 0.1) is 11.9 Å². The normalized spacial score (nSPS) is 12.2. The van der Waals surface area contributed by atoms with Crippen LogP contribution in [-0.4, -0.2) is 51.0 Å². The number of amides is 2. The number of nitrogens with zero attached hydrogens (tertiary/aromatic N) is 2. The van der Waals surface area contributed by atoms with Crippen LogP contribution in [0.25, 0.3) is 0 Å². The van der Waals surface area contributed by atoms with Gasteiger partial charge in [0.25, 0.3) is 0 Å². The van der Waals surface area contributed by atoms with Gasteiger partial charge in [0.15, 0.2) is 0 Å². The van der Waals surface area contributed by atoms with Crippen LogP contribution in [0, 0.1) is 0 Å². The predicted molar refractivity (Wildman–Crippen MR) is 127 cm³/mol. The van der Waals surface area contributed by atoms with Crippen LogP contribution >= 0.6 is 39.1 Å². The van der Waals surface area contributed by atoms with Crippen LogP contribution in [-0.2, 0) is 26.2 Å². The number of hydrogen-bond acceptors (Lipinski definition) is 4. The molecule has 168 valence electrons. The third kappa shape index (κ3) is 6.35. The van der Waals surface area contributed by atoms with Crippen LogP contribution in [0.4, 0.5) is 5.69 Å². The van der Waals surface area contributed by atoms with Crippen LogP contribution in [0.3, 0.4) is 0 Å². The van der Waals surface area contributed by atoms with Crippen molar-refractivity contribution >= 4 is 66.7 Å². The fourth-order valence-electron chi connectivity index (χ4n) is 2.89. The Morgan fingerprint density at radius 2 is 1.68 bits per heavy atom. The van der Waals surface area contributed by atoms with Crippen molar-refractivity contribution in [2.75, 3.05) is 24.2 Å². The number of sulfonamides is 1. The van der Waals surface area contributed by atoms with Crippen molar-refractivity contribution in [2.24, 2.45) is 0 Å². The van der Waals surface area contributed by atoms with Crippen LogP contribution in [0.2, 0.25) is 10.0 Å². The van der Waals surface area contributed by atoms with E-state index in [1.54, 1.807) is 49.4 Å². The van der Waals surface area contributed by atoms with Crippen molar-refractivity contribution < 1.29 is 18.0 Å². The molecule has 0 spiro atoms. The first-order chi connectivity index (χ1) is 14.5. The van der Waals surface area contributed by atoms with Gasteiger partial charge in [0.2, 0.25) is 21.8 Å². The maximum Gasteiger partial charge on any atom is 0.244 e. The maximum atomic E-state index is 13.3. The molecule has 1 N–H and O–H groups in total. The Morgan fingerprint density at radius 1 is 1.10 bits per heavy atom. The minimum Gasteiger partial charge on any atom is -0.357 e. The van der Waals surface area contributed by atoms with Crippen molar-refractivity contribution in [3.8, 4) is 0 Å². The third-order valence-corrected chi connectivity index (χ3v) is 7.11. The van der Waals surface area contributed by atoms with E-state index in [9.17, 15) is 18.0 Å². The largest absolute Gasteiger partial charge is 0.357 e. The molecule has 1 atom stereocenters. The second-order valence-electron chi connectivity index (χ2n) is 6.73. The van der Waals surface area contributed by atoms with Gasteiger partial charge >= 0.3 is 0 Å². The Bertz CT molecular complexity index is 1060. The molecule has 11 heteroatoms. The average Bonchev–Trinajstić information content (AvgIpc) is 2.70. The molecule has 2 aromatic carbocycles. The number of para-hydroxylation sites is 1. The molecule has 2 rings (SSSR count). The smallest absolute Gasteiger partial charge is 0.244 e. The highest BCUT2D eigenvalue weighted by Gasteiger charge is 2.31. The van der Waals surface area contributed by atoms with E-state index in [1.165, 1.54) is 11.9 Å². The summed E-state index contributed by atoms with van der Waals surface area (Å²) in [6.07, 6.45) is 1.01. The molecule has 0 saturated heterocycles. The predicted octanol–water partition coefficient (Wildman–Crippen LogP) is 3.69. The number of anilines is 1. The zero-order valence-corrected chi connectivity index (χ0v) is 21.0. The minimum atomic E-state index is -3.81. The van der Waals surface area contributed by atoms with E-state index in [-0.39, 0.29) is 6.54 Å². The molecular weight excluding hydrogens is 529 g/mol. The summed E-state index contributed by atoms with van der Waals surface area (Å²) >= 11 is 15.8. The second-order valence-corrected chi connectivity index (χ2v) is 10.3. The number of carbonyl (C=O) groups excluding carboxylic acids is 2. The Labute approximate surface area is 200 Å². The summed E-state index contributed by atoms with van der Waals surface area (Å²) in [6, 6.07) is 10.7. The highest BCUT2D eigenvalue weighted by Crippen LogP contribution is 2.29. The summed E-state index contributed by atoms with van der Waals surface area (Å²) in [5.74, 6) is -1.00. The molecule has 0 bridgehead atoms. The number of benzene rings is 2. The Morgan fingerprint density at radius 3 is 2.19 bits per heavy atom. The molecular formula is C20H22BrCl2N3O4S. The lowest BCUT2D eigenvalue weighted by molar-refractivity contribution is -0.139. The second kappa shape index (κ2) is 10.7. The van der Waals surface area contributed by atoms with Gasteiger partial charge in [0.1, 0.15) is 12.6 Å². The van der Waals surface area contributed by atoms with Gasteiger partial charge < -0.3 is 10.2 Å². The molecule has 2 aromatic rings. The van der Waals surface area contributed by atoms with Gasteiger partial charge in [-0.2, -0.15) is 0 Å². The first-order valence-corrected chi connectivity index (χ1v) is 12.5. The lowest BCUT2D eigenvalue weighted by Crippen LogP contribution is -2.50. The van der Waals surface area contributed by atoms with Gasteiger partial charge in [-0.1, -0.05) is 41.4 Å². The van der Waals surface area contributed by atoms with Crippen LogP contribution in [0.15, 0.2) is 46.9 Å². The molecule has 0 radical (unpaired) electrons. The maximum absolute atomic E-state index is 13.3. The first-order valence-electron chi connectivity index (χ1n) is 9.13. The summed E-state index contributed by atoms with van der Waals surface area (Å²) in [4.78, 5) is 26.9. The third-order valence-electron chi connectivity index (χ3n) is 4.60. The van der Waals surface area contributed by atoms with Gasteiger partial charge in [-0.25, -0.2) is 8.42 Å². The fraction of sp³-hybridized carbons (Fsp3) is 0.300.